The van der Waals surface area contributed by atoms with Crippen LogP contribution in [-0.2, 0) is 0 Å². The highest BCUT2D eigenvalue weighted by Gasteiger charge is 2.19. The Kier molecular flexibility index (Phi) is 5.75. The van der Waals surface area contributed by atoms with E-state index in [1.54, 1.807) is 0 Å². The zero-order valence-corrected chi connectivity index (χ0v) is 10.1. The molecule has 1 atom stereocenters. The predicted octanol–water partition coefficient (Wildman–Crippen LogP) is 1.86. The maximum absolute atomic E-state index is 5.30. The number of hydrogen-bond donors (Lipinski definition) is 1. The van der Waals surface area contributed by atoms with Crippen LogP contribution < -0.4 is 5.32 Å². The van der Waals surface area contributed by atoms with Crippen LogP contribution in [0.4, 0.5) is 0 Å². The van der Waals surface area contributed by atoms with Crippen molar-refractivity contribution < 1.29 is 0 Å². The van der Waals surface area contributed by atoms with E-state index in [-0.39, 0.29) is 0 Å². The van der Waals surface area contributed by atoms with Crippen LogP contribution in [0, 0.1) is 12.3 Å². The zero-order valence-electron chi connectivity index (χ0n) is 10.1. The van der Waals surface area contributed by atoms with Gasteiger partial charge >= 0.3 is 0 Å². The first-order valence-electron chi connectivity index (χ1n) is 6.18. The minimum atomic E-state index is 0.470. The van der Waals surface area contributed by atoms with Gasteiger partial charge in [-0.1, -0.05) is 6.92 Å². The molecule has 0 aliphatic carbocycles. The van der Waals surface area contributed by atoms with Gasteiger partial charge in [0.15, 0.2) is 0 Å². The molecule has 2 nitrogen and oxygen atoms in total. The van der Waals surface area contributed by atoms with E-state index in [0.29, 0.717) is 12.1 Å². The molecule has 1 fully saturated rings. The van der Waals surface area contributed by atoms with Crippen molar-refractivity contribution in [2.24, 2.45) is 0 Å². The summed E-state index contributed by atoms with van der Waals surface area (Å²) in [7, 11) is 0. The molecule has 1 unspecified atom stereocenters. The van der Waals surface area contributed by atoms with Crippen LogP contribution in [0.25, 0.3) is 0 Å². The first-order chi connectivity index (χ1) is 7.26. The number of hydrogen-bond acceptors (Lipinski definition) is 2. The molecule has 0 aromatic carbocycles. The van der Waals surface area contributed by atoms with Crippen LogP contribution in [0.3, 0.4) is 0 Å². The zero-order chi connectivity index (χ0) is 11.1. The molecule has 1 aliphatic rings. The lowest BCUT2D eigenvalue weighted by molar-refractivity contribution is 0.192. The van der Waals surface area contributed by atoms with Crippen molar-refractivity contribution in [1.29, 1.82) is 0 Å². The minimum Gasteiger partial charge on any atom is -0.310 e. The normalized spacial score (nSPS) is 21.1. The largest absolute Gasteiger partial charge is 0.310 e. The number of piperidine rings is 1. The van der Waals surface area contributed by atoms with Gasteiger partial charge in [0.05, 0.1) is 0 Å². The van der Waals surface area contributed by atoms with Crippen LogP contribution >= 0.6 is 0 Å². The average molecular weight is 208 g/mol. The summed E-state index contributed by atoms with van der Waals surface area (Å²) in [5.41, 5.74) is 0. The van der Waals surface area contributed by atoms with Gasteiger partial charge in [-0.05, 0) is 45.8 Å². The highest BCUT2D eigenvalue weighted by molar-refractivity contribution is 4.90. The molecule has 0 spiro atoms. The second-order valence-electron chi connectivity index (χ2n) is 4.59. The lowest BCUT2D eigenvalue weighted by atomic mass is 10.0. The van der Waals surface area contributed by atoms with Crippen LogP contribution in [0.1, 0.15) is 39.5 Å². The van der Waals surface area contributed by atoms with Gasteiger partial charge < -0.3 is 10.2 Å². The summed E-state index contributed by atoms with van der Waals surface area (Å²) in [5, 5.41) is 3.61. The van der Waals surface area contributed by atoms with Gasteiger partial charge in [-0.25, -0.2) is 0 Å². The Morgan fingerprint density at radius 2 is 2.13 bits per heavy atom. The van der Waals surface area contributed by atoms with Crippen LogP contribution in [0.5, 0.6) is 0 Å². The molecule has 1 saturated heterocycles. The molecule has 0 aromatic rings. The smallest absolute Gasteiger partial charge is 0.0238 e. The Hall–Kier alpha value is -0.520. The van der Waals surface area contributed by atoms with Crippen LogP contribution in [0.15, 0.2) is 0 Å². The van der Waals surface area contributed by atoms with Gasteiger partial charge in [-0.15, -0.1) is 12.3 Å². The van der Waals surface area contributed by atoms with Crippen LogP contribution in [-0.4, -0.2) is 36.6 Å². The van der Waals surface area contributed by atoms with E-state index in [1.165, 1.54) is 38.9 Å². The molecule has 0 radical (unpaired) electrons. The third-order valence-electron chi connectivity index (χ3n) is 3.07. The summed E-state index contributed by atoms with van der Waals surface area (Å²) in [6.45, 7) is 8.17. The first-order valence-corrected chi connectivity index (χ1v) is 6.18. The fourth-order valence-electron chi connectivity index (χ4n) is 2.28. The molecule has 0 bridgehead atoms. The van der Waals surface area contributed by atoms with E-state index in [9.17, 15) is 0 Å². The second kappa shape index (κ2) is 6.87. The van der Waals surface area contributed by atoms with E-state index >= 15 is 0 Å². The lowest BCUT2D eigenvalue weighted by Crippen LogP contribution is -2.45. The summed E-state index contributed by atoms with van der Waals surface area (Å²) in [4.78, 5) is 2.56. The fraction of sp³-hybridized carbons (Fsp3) is 0.846. The van der Waals surface area contributed by atoms with E-state index in [4.69, 9.17) is 6.42 Å². The second-order valence-corrected chi connectivity index (χ2v) is 4.59. The van der Waals surface area contributed by atoms with Gasteiger partial charge in [-0.2, -0.15) is 0 Å². The van der Waals surface area contributed by atoms with Gasteiger partial charge in [0.1, 0.15) is 0 Å². The Balaban J connectivity index is 2.17. The molecule has 0 amide bonds. The van der Waals surface area contributed by atoms with Crippen molar-refractivity contribution >= 4 is 0 Å². The summed E-state index contributed by atoms with van der Waals surface area (Å²) >= 11 is 0. The number of nitrogens with one attached hydrogen (secondary N) is 1. The quantitative estimate of drug-likeness (QED) is 0.694. The summed E-state index contributed by atoms with van der Waals surface area (Å²) < 4.78 is 0. The third kappa shape index (κ3) is 4.68. The van der Waals surface area contributed by atoms with Crippen molar-refractivity contribution in [3.63, 3.8) is 0 Å². The number of terminal acetylenes is 1. The highest BCUT2D eigenvalue weighted by atomic mass is 15.1. The molecular weight excluding hydrogens is 184 g/mol. The van der Waals surface area contributed by atoms with E-state index in [1.807, 2.05) is 0 Å². The Morgan fingerprint density at radius 1 is 1.47 bits per heavy atom. The molecule has 1 rings (SSSR count). The number of likely N-dealkylation sites (tertiary alicyclic amines) is 1. The van der Waals surface area contributed by atoms with E-state index < -0.39 is 0 Å². The standard InChI is InChI=1S/C13H24N2/c1-4-6-12(3)14-13-7-10-15(9-5-2)11-8-13/h1,12-14H,5-11H2,2-3H3. The molecule has 1 aliphatic heterocycles. The van der Waals surface area contributed by atoms with Crippen molar-refractivity contribution in [3.8, 4) is 12.3 Å². The Labute approximate surface area is 94.4 Å². The predicted molar refractivity (Wildman–Crippen MR) is 65.8 cm³/mol. The third-order valence-corrected chi connectivity index (χ3v) is 3.07. The summed E-state index contributed by atoms with van der Waals surface area (Å²) in [6, 6.07) is 1.15. The van der Waals surface area contributed by atoms with Crippen LogP contribution in [0.2, 0.25) is 0 Å². The molecule has 1 heterocycles. The first kappa shape index (κ1) is 12.5. The molecular formula is C13H24N2. The molecule has 0 saturated carbocycles. The van der Waals surface area contributed by atoms with Crippen molar-refractivity contribution in [1.82, 2.24) is 10.2 Å². The topological polar surface area (TPSA) is 15.3 Å². The Morgan fingerprint density at radius 3 is 2.67 bits per heavy atom. The average Bonchev–Trinajstić information content (AvgIpc) is 2.22. The van der Waals surface area contributed by atoms with E-state index in [2.05, 4.69) is 30.0 Å². The maximum atomic E-state index is 5.30. The van der Waals surface area contributed by atoms with Gasteiger partial charge in [0.2, 0.25) is 0 Å². The molecule has 15 heavy (non-hydrogen) atoms. The van der Waals surface area contributed by atoms with Gasteiger partial charge in [-0.3, -0.25) is 0 Å². The maximum Gasteiger partial charge on any atom is 0.0238 e. The number of rotatable bonds is 5. The van der Waals surface area contributed by atoms with Crippen molar-refractivity contribution in [2.75, 3.05) is 19.6 Å². The monoisotopic (exact) mass is 208 g/mol. The fourth-order valence-corrected chi connectivity index (χ4v) is 2.28. The summed E-state index contributed by atoms with van der Waals surface area (Å²) in [5.74, 6) is 2.71. The van der Waals surface area contributed by atoms with Gasteiger partial charge in [0.25, 0.3) is 0 Å². The van der Waals surface area contributed by atoms with Gasteiger partial charge in [0, 0.05) is 18.5 Å². The molecule has 0 aromatic heterocycles. The SMILES string of the molecule is C#CCC(C)NC1CCN(CCC)CC1. The lowest BCUT2D eigenvalue weighted by Gasteiger charge is -2.33. The molecule has 2 heteroatoms. The molecule has 1 N–H and O–H groups in total. The Bertz CT molecular complexity index is 199. The van der Waals surface area contributed by atoms with Crippen molar-refractivity contribution in [2.45, 2.75) is 51.6 Å². The van der Waals surface area contributed by atoms with E-state index in [0.717, 1.165) is 6.42 Å². The molecule has 86 valence electrons. The summed E-state index contributed by atoms with van der Waals surface area (Å²) in [6.07, 6.45) is 9.96. The minimum absolute atomic E-state index is 0.470. The number of nitrogens with zero attached hydrogens (tertiary/aromatic N) is 1. The van der Waals surface area contributed by atoms with Crippen molar-refractivity contribution in [3.05, 3.63) is 0 Å². The highest BCUT2D eigenvalue weighted by Crippen LogP contribution is 2.11.